The van der Waals surface area contributed by atoms with Gasteiger partial charge >= 0.3 is 11.9 Å². The minimum absolute atomic E-state index is 0.325. The van der Waals surface area contributed by atoms with Gasteiger partial charge < -0.3 is 9.47 Å². The summed E-state index contributed by atoms with van der Waals surface area (Å²) in [5.74, 6) is 0.255. The molecule has 0 aromatic rings. The van der Waals surface area contributed by atoms with Crippen molar-refractivity contribution < 1.29 is 19.1 Å². The molecule has 0 aliphatic carbocycles. The van der Waals surface area contributed by atoms with E-state index in [2.05, 4.69) is 13.2 Å². The Balaban J connectivity index is 3.47. The zero-order valence-electron chi connectivity index (χ0n) is 9.53. The van der Waals surface area contributed by atoms with Crippen LogP contribution < -0.4 is 0 Å². The quantitative estimate of drug-likeness (QED) is 0.467. The van der Waals surface area contributed by atoms with E-state index in [1.807, 2.05) is 6.92 Å². The lowest BCUT2D eigenvalue weighted by Crippen LogP contribution is -2.08. The third kappa shape index (κ3) is 7.79. The molecule has 0 atom stereocenters. The first kappa shape index (κ1) is 14.4. The van der Waals surface area contributed by atoms with Crippen LogP contribution in [0.15, 0.2) is 25.3 Å². The molecule has 4 nitrogen and oxygen atoms in total. The van der Waals surface area contributed by atoms with Crippen molar-refractivity contribution in [3.05, 3.63) is 31.2 Å². The maximum atomic E-state index is 10.7. The highest BCUT2D eigenvalue weighted by Crippen LogP contribution is 2.10. The summed E-state index contributed by atoms with van der Waals surface area (Å²) in [5.41, 5.74) is 0. The number of esters is 2. The Bertz CT molecular complexity index is 232. The summed E-state index contributed by atoms with van der Waals surface area (Å²) in [6.07, 6.45) is 3.57. The minimum atomic E-state index is -0.425. The van der Waals surface area contributed by atoms with E-state index >= 15 is 0 Å². The minimum Gasteiger partial charge on any atom is -0.463 e. The second kappa shape index (κ2) is 8.71. The maximum Gasteiger partial charge on any atom is 0.330 e. The average molecular weight is 225 g/mol. The van der Waals surface area contributed by atoms with Crippen LogP contribution in [0.25, 0.3) is 0 Å². The van der Waals surface area contributed by atoms with E-state index in [9.17, 15) is 9.59 Å². The Labute approximate surface area is 95.9 Å². The smallest absolute Gasteiger partial charge is 0.330 e. The Morgan fingerprint density at radius 3 is 1.69 bits per heavy atom. The highest BCUT2D eigenvalue weighted by Gasteiger charge is 2.05. The molecule has 0 saturated carbocycles. The third-order valence-electron chi connectivity index (χ3n) is 1.88. The Morgan fingerprint density at radius 2 is 1.38 bits per heavy atom. The molecule has 0 aromatic heterocycles. The van der Waals surface area contributed by atoms with Crippen LogP contribution in [-0.2, 0) is 19.1 Å². The number of carbonyl (C=O) groups excluding carboxylic acids is 2. The molecule has 0 spiro atoms. The number of hydrogen-bond acceptors (Lipinski definition) is 4. The van der Waals surface area contributed by atoms with Crippen molar-refractivity contribution in [2.24, 2.45) is 0 Å². The molecule has 0 unspecified atom stereocenters. The second-order valence-corrected chi connectivity index (χ2v) is 3.20. The van der Waals surface area contributed by atoms with Crippen LogP contribution in [-0.4, -0.2) is 25.2 Å². The highest BCUT2D eigenvalue weighted by atomic mass is 16.5. The first-order valence-corrected chi connectivity index (χ1v) is 4.99. The van der Waals surface area contributed by atoms with Crippen LogP contribution in [0.2, 0.25) is 0 Å². The van der Waals surface area contributed by atoms with Gasteiger partial charge in [-0.05, 0) is 18.8 Å². The van der Waals surface area contributed by atoms with Gasteiger partial charge in [0.15, 0.2) is 0 Å². The number of hydrogen-bond donors (Lipinski definition) is 0. The fourth-order valence-electron chi connectivity index (χ4n) is 0.895. The molecule has 16 heavy (non-hydrogen) atoms. The molecule has 89 valence electrons. The van der Waals surface area contributed by atoms with E-state index in [1.54, 1.807) is 0 Å². The van der Waals surface area contributed by atoms with E-state index in [0.29, 0.717) is 26.1 Å². The summed E-state index contributed by atoms with van der Waals surface area (Å²) in [4.78, 5) is 21.4. The highest BCUT2D eigenvalue weighted by molar-refractivity contribution is 5.81. The van der Waals surface area contributed by atoms with Crippen molar-refractivity contribution in [3.8, 4) is 0 Å². The van der Waals surface area contributed by atoms with Gasteiger partial charge in [0.25, 0.3) is 0 Å². The van der Waals surface area contributed by atoms with E-state index in [0.717, 1.165) is 18.1 Å². The topological polar surface area (TPSA) is 52.6 Å². The lowest BCUT2D eigenvalue weighted by atomic mass is 10.1. The molecule has 0 heterocycles. The van der Waals surface area contributed by atoms with Crippen molar-refractivity contribution in [2.45, 2.75) is 19.8 Å². The van der Waals surface area contributed by atoms with Gasteiger partial charge in [-0.25, -0.2) is 9.59 Å². The van der Waals surface area contributed by atoms with Gasteiger partial charge in [-0.1, -0.05) is 20.1 Å². The van der Waals surface area contributed by atoms with Gasteiger partial charge in [0.1, 0.15) is 0 Å². The van der Waals surface area contributed by atoms with Gasteiger partial charge in [0.2, 0.25) is 0 Å². The molecule has 0 aliphatic heterocycles. The number of ether oxygens (including phenoxy) is 2. The first-order valence-electron chi connectivity index (χ1n) is 4.99. The molecule has 0 N–H and O–H groups in total. The van der Waals surface area contributed by atoms with Gasteiger partial charge in [-0.3, -0.25) is 0 Å². The Hall–Kier alpha value is -1.58. The summed E-state index contributed by atoms with van der Waals surface area (Å²) < 4.78 is 9.62. The zero-order chi connectivity index (χ0) is 12.4. The van der Waals surface area contributed by atoms with Crippen LogP contribution in [0.4, 0.5) is 0 Å². The molecule has 0 rings (SSSR count). The van der Waals surface area contributed by atoms with Gasteiger partial charge in [0, 0.05) is 12.2 Å². The van der Waals surface area contributed by atoms with Gasteiger partial charge in [-0.2, -0.15) is 0 Å². The normalized spacial score (nSPS) is 9.62. The summed E-state index contributed by atoms with van der Waals surface area (Å²) >= 11 is 0. The predicted molar refractivity (Wildman–Crippen MR) is 60.5 cm³/mol. The summed E-state index contributed by atoms with van der Waals surface area (Å²) in [5, 5.41) is 0. The SMILES string of the molecule is C=CC(=O)OCC[C](C)CCOC(=O)C=C. The van der Waals surface area contributed by atoms with Crippen molar-refractivity contribution in [3.63, 3.8) is 0 Å². The molecular weight excluding hydrogens is 208 g/mol. The van der Waals surface area contributed by atoms with Crippen LogP contribution in [0.5, 0.6) is 0 Å². The molecule has 0 bridgehead atoms. The molecule has 4 heteroatoms. The lowest BCUT2D eigenvalue weighted by molar-refractivity contribution is -0.138. The summed E-state index contributed by atoms with van der Waals surface area (Å²) in [7, 11) is 0. The largest absolute Gasteiger partial charge is 0.463 e. The van der Waals surface area contributed by atoms with Crippen molar-refractivity contribution in [1.82, 2.24) is 0 Å². The first-order chi connectivity index (χ1) is 7.60. The average Bonchev–Trinajstić information content (AvgIpc) is 2.28. The van der Waals surface area contributed by atoms with E-state index in [-0.39, 0.29) is 0 Å². The lowest BCUT2D eigenvalue weighted by Gasteiger charge is -2.10. The Morgan fingerprint density at radius 1 is 1.00 bits per heavy atom. The third-order valence-corrected chi connectivity index (χ3v) is 1.88. The number of rotatable bonds is 8. The van der Waals surface area contributed by atoms with Gasteiger partial charge in [-0.15, -0.1) is 0 Å². The summed E-state index contributed by atoms with van der Waals surface area (Å²) in [6.45, 7) is 9.15. The molecule has 0 aromatic carbocycles. The van der Waals surface area contributed by atoms with Crippen molar-refractivity contribution >= 4 is 11.9 Å². The number of carbonyl (C=O) groups is 2. The molecule has 0 fully saturated rings. The standard InChI is InChI=1S/C12H17O4/c1-4-11(13)15-8-6-10(3)7-9-16-12(14)5-2/h4-5H,1-2,6-9H2,3H3. The van der Waals surface area contributed by atoms with Crippen LogP contribution >= 0.6 is 0 Å². The monoisotopic (exact) mass is 225 g/mol. The van der Waals surface area contributed by atoms with E-state index in [4.69, 9.17) is 9.47 Å². The molecule has 1 radical (unpaired) electrons. The molecular formula is C12H17O4. The van der Waals surface area contributed by atoms with E-state index < -0.39 is 11.9 Å². The van der Waals surface area contributed by atoms with Crippen molar-refractivity contribution in [2.75, 3.05) is 13.2 Å². The zero-order valence-corrected chi connectivity index (χ0v) is 9.53. The van der Waals surface area contributed by atoms with Crippen molar-refractivity contribution in [1.29, 1.82) is 0 Å². The maximum absolute atomic E-state index is 10.7. The van der Waals surface area contributed by atoms with Crippen LogP contribution in [0.3, 0.4) is 0 Å². The molecule has 0 amide bonds. The van der Waals surface area contributed by atoms with E-state index in [1.165, 1.54) is 0 Å². The van der Waals surface area contributed by atoms with Crippen LogP contribution in [0.1, 0.15) is 19.8 Å². The fourth-order valence-corrected chi connectivity index (χ4v) is 0.895. The second-order valence-electron chi connectivity index (χ2n) is 3.20. The van der Waals surface area contributed by atoms with Gasteiger partial charge in [0.05, 0.1) is 13.2 Å². The fraction of sp³-hybridized carbons (Fsp3) is 0.417. The summed E-state index contributed by atoms with van der Waals surface area (Å²) in [6, 6.07) is 0. The van der Waals surface area contributed by atoms with Crippen LogP contribution in [0, 0.1) is 5.92 Å². The predicted octanol–water partition coefficient (Wildman–Crippen LogP) is 1.82. The Kier molecular flexibility index (Phi) is 7.85. The molecule has 0 saturated heterocycles. The molecule has 0 aliphatic rings.